The first-order valence-electron chi connectivity index (χ1n) is 7.43. The highest BCUT2D eigenvalue weighted by atomic mass is 32.2. The monoisotopic (exact) mass is 307 g/mol. The number of pyridine rings is 1. The summed E-state index contributed by atoms with van der Waals surface area (Å²) in [5.41, 5.74) is 0.217. The Morgan fingerprint density at radius 2 is 2.05 bits per heavy atom. The molecule has 1 N–H and O–H groups in total. The Morgan fingerprint density at radius 3 is 2.57 bits per heavy atom. The number of aromatic nitrogens is 1. The molecule has 6 heteroatoms. The molecule has 0 unspecified atom stereocenters. The summed E-state index contributed by atoms with van der Waals surface area (Å²) in [6, 6.07) is 4.74. The van der Waals surface area contributed by atoms with Crippen molar-refractivity contribution in [2.45, 2.75) is 56.4 Å². The van der Waals surface area contributed by atoms with E-state index in [1.807, 2.05) is 6.07 Å². The minimum atomic E-state index is -3.54. The SMILES string of the molecule is CCCC1CCC(NS(=O)(=O)c2ccc(C#N)nc2)CC1. The van der Waals surface area contributed by atoms with Gasteiger partial charge in [-0.3, -0.25) is 0 Å². The normalized spacial score (nSPS) is 22.7. The average molecular weight is 307 g/mol. The van der Waals surface area contributed by atoms with Crippen molar-refractivity contribution < 1.29 is 8.42 Å². The van der Waals surface area contributed by atoms with Crippen molar-refractivity contribution >= 4 is 10.0 Å². The molecule has 0 atom stereocenters. The lowest BCUT2D eigenvalue weighted by atomic mass is 9.84. The second kappa shape index (κ2) is 7.01. The number of nitrogens with one attached hydrogen (secondary N) is 1. The van der Waals surface area contributed by atoms with E-state index in [9.17, 15) is 8.42 Å². The van der Waals surface area contributed by atoms with E-state index < -0.39 is 10.0 Å². The Balaban J connectivity index is 1.97. The van der Waals surface area contributed by atoms with Crippen LogP contribution in [0.15, 0.2) is 23.2 Å². The number of sulfonamides is 1. The molecule has 2 rings (SSSR count). The summed E-state index contributed by atoms with van der Waals surface area (Å²) in [6.07, 6.45) is 7.64. The predicted octanol–water partition coefficient (Wildman–Crippen LogP) is 2.59. The highest BCUT2D eigenvalue weighted by Gasteiger charge is 2.25. The molecule has 0 amide bonds. The molecular weight excluding hydrogens is 286 g/mol. The number of nitrogens with zero attached hydrogens (tertiary/aromatic N) is 2. The van der Waals surface area contributed by atoms with Crippen LogP contribution in [0.3, 0.4) is 0 Å². The molecule has 0 bridgehead atoms. The van der Waals surface area contributed by atoms with Crippen molar-refractivity contribution in [2.24, 2.45) is 5.92 Å². The molecule has 1 aromatic heterocycles. The maximum absolute atomic E-state index is 12.3. The van der Waals surface area contributed by atoms with E-state index in [1.165, 1.54) is 31.2 Å². The van der Waals surface area contributed by atoms with E-state index >= 15 is 0 Å². The molecule has 0 spiro atoms. The van der Waals surface area contributed by atoms with Gasteiger partial charge in [-0.05, 0) is 43.7 Å². The van der Waals surface area contributed by atoms with Gasteiger partial charge in [0.1, 0.15) is 16.7 Å². The molecule has 0 aromatic carbocycles. The van der Waals surface area contributed by atoms with Crippen LogP contribution in [0, 0.1) is 17.2 Å². The molecule has 21 heavy (non-hydrogen) atoms. The first-order valence-corrected chi connectivity index (χ1v) is 8.92. The molecule has 1 aliphatic carbocycles. The van der Waals surface area contributed by atoms with Gasteiger partial charge in [-0.15, -0.1) is 0 Å². The first-order chi connectivity index (χ1) is 10.0. The zero-order valence-corrected chi connectivity index (χ0v) is 13.1. The van der Waals surface area contributed by atoms with E-state index in [-0.39, 0.29) is 16.6 Å². The molecule has 114 valence electrons. The molecule has 1 fully saturated rings. The van der Waals surface area contributed by atoms with E-state index in [0.29, 0.717) is 0 Å². The fourth-order valence-electron chi connectivity index (χ4n) is 2.87. The zero-order valence-electron chi connectivity index (χ0n) is 12.2. The van der Waals surface area contributed by atoms with Gasteiger partial charge in [0.25, 0.3) is 0 Å². The van der Waals surface area contributed by atoms with E-state index in [2.05, 4.69) is 16.6 Å². The van der Waals surface area contributed by atoms with Crippen LogP contribution in [0.1, 0.15) is 51.1 Å². The third kappa shape index (κ3) is 4.26. The van der Waals surface area contributed by atoms with Gasteiger partial charge in [0.15, 0.2) is 0 Å². The van der Waals surface area contributed by atoms with Crippen LogP contribution >= 0.6 is 0 Å². The van der Waals surface area contributed by atoms with Gasteiger partial charge in [0.2, 0.25) is 10.0 Å². The third-order valence-corrected chi connectivity index (χ3v) is 5.53. The summed E-state index contributed by atoms with van der Waals surface area (Å²) in [5.74, 6) is 0.743. The van der Waals surface area contributed by atoms with E-state index in [4.69, 9.17) is 5.26 Å². The van der Waals surface area contributed by atoms with Crippen LogP contribution in [-0.2, 0) is 10.0 Å². The Labute approximate surface area is 126 Å². The van der Waals surface area contributed by atoms with Crippen LogP contribution in [-0.4, -0.2) is 19.4 Å². The van der Waals surface area contributed by atoms with Gasteiger partial charge in [0.05, 0.1) is 0 Å². The molecule has 1 heterocycles. The molecule has 1 aromatic rings. The molecule has 0 aliphatic heterocycles. The van der Waals surface area contributed by atoms with Gasteiger partial charge in [-0.25, -0.2) is 18.1 Å². The topological polar surface area (TPSA) is 82.9 Å². The molecule has 1 aliphatic rings. The Kier molecular flexibility index (Phi) is 5.32. The second-order valence-corrected chi connectivity index (χ2v) is 7.33. The number of hydrogen-bond donors (Lipinski definition) is 1. The second-order valence-electron chi connectivity index (χ2n) is 5.62. The molecule has 5 nitrogen and oxygen atoms in total. The summed E-state index contributed by atoms with van der Waals surface area (Å²) in [5, 5.41) is 8.68. The van der Waals surface area contributed by atoms with Crippen LogP contribution in [0.25, 0.3) is 0 Å². The Hall–Kier alpha value is -1.45. The number of hydrogen-bond acceptors (Lipinski definition) is 4. The van der Waals surface area contributed by atoms with Crippen molar-refractivity contribution in [2.75, 3.05) is 0 Å². The maximum Gasteiger partial charge on any atom is 0.242 e. The summed E-state index contributed by atoms with van der Waals surface area (Å²) >= 11 is 0. The molecule has 0 saturated heterocycles. The zero-order chi connectivity index (χ0) is 15.3. The largest absolute Gasteiger partial charge is 0.244 e. The van der Waals surface area contributed by atoms with Crippen LogP contribution in [0.2, 0.25) is 0 Å². The third-order valence-electron chi connectivity index (χ3n) is 4.03. The van der Waals surface area contributed by atoms with E-state index in [0.717, 1.165) is 31.6 Å². The summed E-state index contributed by atoms with van der Waals surface area (Å²) in [7, 11) is -3.54. The van der Waals surface area contributed by atoms with Crippen LogP contribution in [0.5, 0.6) is 0 Å². The number of rotatable bonds is 5. The van der Waals surface area contributed by atoms with E-state index in [1.54, 1.807) is 0 Å². The quantitative estimate of drug-likeness (QED) is 0.906. The summed E-state index contributed by atoms with van der Waals surface area (Å²) in [6.45, 7) is 2.19. The van der Waals surface area contributed by atoms with Gasteiger partial charge in [0, 0.05) is 12.2 Å². The highest BCUT2D eigenvalue weighted by Crippen LogP contribution is 2.28. The van der Waals surface area contributed by atoms with Crippen molar-refractivity contribution in [3.8, 4) is 6.07 Å². The molecular formula is C15H21N3O2S. The van der Waals surface area contributed by atoms with Gasteiger partial charge >= 0.3 is 0 Å². The lowest BCUT2D eigenvalue weighted by Crippen LogP contribution is -2.37. The van der Waals surface area contributed by atoms with Gasteiger partial charge in [-0.2, -0.15) is 5.26 Å². The molecule has 0 radical (unpaired) electrons. The minimum absolute atomic E-state index is 0.0127. The average Bonchev–Trinajstić information content (AvgIpc) is 2.49. The van der Waals surface area contributed by atoms with Crippen LogP contribution < -0.4 is 4.72 Å². The predicted molar refractivity (Wildman–Crippen MR) is 79.9 cm³/mol. The lowest BCUT2D eigenvalue weighted by molar-refractivity contribution is 0.297. The lowest BCUT2D eigenvalue weighted by Gasteiger charge is -2.28. The van der Waals surface area contributed by atoms with Crippen molar-refractivity contribution in [3.05, 3.63) is 24.0 Å². The fraction of sp³-hybridized carbons (Fsp3) is 0.600. The minimum Gasteiger partial charge on any atom is -0.244 e. The van der Waals surface area contributed by atoms with Crippen molar-refractivity contribution in [1.82, 2.24) is 9.71 Å². The Bertz CT molecular complexity index is 597. The van der Waals surface area contributed by atoms with Gasteiger partial charge < -0.3 is 0 Å². The smallest absolute Gasteiger partial charge is 0.242 e. The fourth-order valence-corrected chi connectivity index (χ4v) is 4.12. The standard InChI is InChI=1S/C15H21N3O2S/c1-2-3-12-4-6-13(7-5-12)18-21(19,20)15-9-8-14(10-16)17-11-15/h8-9,11-13,18H,2-7H2,1H3. The van der Waals surface area contributed by atoms with Crippen molar-refractivity contribution in [3.63, 3.8) is 0 Å². The van der Waals surface area contributed by atoms with Gasteiger partial charge in [-0.1, -0.05) is 19.8 Å². The Morgan fingerprint density at radius 1 is 1.33 bits per heavy atom. The summed E-state index contributed by atoms with van der Waals surface area (Å²) < 4.78 is 27.3. The maximum atomic E-state index is 12.3. The molecule has 1 saturated carbocycles. The highest BCUT2D eigenvalue weighted by molar-refractivity contribution is 7.89. The summed E-state index contributed by atoms with van der Waals surface area (Å²) in [4.78, 5) is 3.94. The first kappa shape index (κ1) is 15.9. The van der Waals surface area contributed by atoms with Crippen molar-refractivity contribution in [1.29, 1.82) is 5.26 Å². The number of nitriles is 1. The van der Waals surface area contributed by atoms with Crippen LogP contribution in [0.4, 0.5) is 0 Å².